The predicted molar refractivity (Wildman–Crippen MR) is 343 cm³/mol. The van der Waals surface area contributed by atoms with Crippen LogP contribution in [0.2, 0.25) is 0 Å². The Labute approximate surface area is 634 Å². The van der Waals surface area contributed by atoms with Crippen LogP contribution in [-0.2, 0) is 80.9 Å². The third kappa shape index (κ3) is 23.1. The average Bonchev–Trinajstić information content (AvgIpc) is 0.783. The maximum atomic E-state index is 14.8. The molecule has 0 unspecified atom stereocenters. The zero-order valence-corrected chi connectivity index (χ0v) is 62.3. The number of carbonyl (C=O) groups excluding carboxylic acids is 5. The van der Waals surface area contributed by atoms with Gasteiger partial charge in [0.05, 0.1) is 76.7 Å². The molecule has 0 fully saturated rings. The number of hydrogen-bond donors (Lipinski definition) is 1. The molecule has 8 aromatic rings. The molecule has 8 aromatic carbocycles. The Morgan fingerprint density at radius 3 is 1.28 bits per heavy atom. The van der Waals surface area contributed by atoms with Crippen molar-refractivity contribution in [2.45, 2.75) is 61.7 Å². The summed E-state index contributed by atoms with van der Waals surface area (Å²) < 4.78 is 116. The maximum absolute atomic E-state index is 14.8. The third-order valence-electron chi connectivity index (χ3n) is 13.8. The number of esters is 4. The van der Waals surface area contributed by atoms with Crippen LogP contribution in [0.5, 0.6) is 11.5 Å². The summed E-state index contributed by atoms with van der Waals surface area (Å²) in [4.78, 5) is 61.9. The minimum Gasteiger partial charge on any atom is -1.00 e. The molecule has 0 heterocycles. The molecule has 0 amide bonds. The predicted octanol–water partition coefficient (Wildman–Crippen LogP) is 4.17. The monoisotopic (exact) mass is 1440 g/mol. The number of methoxy groups -OCH3 is 6. The zero-order chi connectivity index (χ0) is 66.8. The molecule has 8 rings (SSSR count). The number of rotatable bonds is 24. The molecule has 0 spiro atoms. The first-order chi connectivity index (χ1) is 43.5. The summed E-state index contributed by atoms with van der Waals surface area (Å²) >= 11 is 2.90. The second-order valence-corrected chi connectivity index (χ2v) is 23.6. The molecule has 0 aromatic heterocycles. The summed E-state index contributed by atoms with van der Waals surface area (Å²) in [5, 5.41) is 11.3. The van der Waals surface area contributed by atoms with Gasteiger partial charge in [-0.2, -0.15) is 0 Å². The van der Waals surface area contributed by atoms with Gasteiger partial charge in [0.15, 0.2) is 0 Å². The minimum absolute atomic E-state index is 0. The van der Waals surface area contributed by atoms with Gasteiger partial charge in [0.2, 0.25) is 0 Å². The van der Waals surface area contributed by atoms with Crippen molar-refractivity contribution < 1.29 is 192 Å². The fraction of sp³-hybridized carbons (Fsp3) is 0.246. The van der Waals surface area contributed by atoms with E-state index in [1.54, 1.807) is 91.0 Å². The van der Waals surface area contributed by atoms with Crippen LogP contribution in [-0.4, -0.2) is 114 Å². The van der Waals surface area contributed by atoms with Crippen LogP contribution in [0.25, 0.3) is 21.5 Å². The second kappa shape index (κ2) is 40.3. The van der Waals surface area contributed by atoms with Crippen molar-refractivity contribution in [2.24, 2.45) is 0 Å². The smallest absolute Gasteiger partial charge is 1.00 e. The topological polar surface area (TPSA) is 263 Å². The second-order valence-electron chi connectivity index (χ2n) is 19.5. The number of carbonyl (C=O) groups is 5. The maximum Gasteiger partial charge on any atom is 1.00 e. The number of ether oxygens (including phenoxy) is 6. The molecule has 21 nitrogen and oxygen atoms in total. The first-order valence-corrected chi connectivity index (χ1v) is 31.5. The van der Waals surface area contributed by atoms with E-state index in [0.29, 0.717) is 50.2 Å². The molecule has 0 saturated heterocycles. The Morgan fingerprint density at radius 1 is 0.527 bits per heavy atom. The fourth-order valence-electron chi connectivity index (χ4n) is 9.17. The summed E-state index contributed by atoms with van der Waals surface area (Å²) in [5.41, 5.74) is 2.89. The minimum atomic E-state index is -4.25. The number of sulfonamides is 2. The fourth-order valence-corrected chi connectivity index (χ4v) is 11.9. The van der Waals surface area contributed by atoms with Gasteiger partial charge in [0.25, 0.3) is 26.5 Å². The molecule has 93 heavy (non-hydrogen) atoms. The van der Waals surface area contributed by atoms with E-state index in [2.05, 4.69) is 30.3 Å². The van der Waals surface area contributed by atoms with Gasteiger partial charge in [-0.1, -0.05) is 101 Å². The quantitative estimate of drug-likeness (QED) is 0.0169. The van der Waals surface area contributed by atoms with Crippen molar-refractivity contribution in [1.29, 1.82) is 0 Å². The van der Waals surface area contributed by atoms with Crippen LogP contribution < -0.4 is 136 Å². The third-order valence-corrected chi connectivity index (χ3v) is 17.5. The van der Waals surface area contributed by atoms with Gasteiger partial charge in [-0.15, -0.1) is 0 Å². The van der Waals surface area contributed by atoms with Crippen molar-refractivity contribution in [3.05, 3.63) is 193 Å². The van der Waals surface area contributed by atoms with Crippen molar-refractivity contribution in [2.75, 3.05) is 73.4 Å². The molecule has 0 radical (unpaired) electrons. The van der Waals surface area contributed by atoms with Crippen LogP contribution in [0.4, 0.5) is 31.5 Å². The van der Waals surface area contributed by atoms with Crippen LogP contribution in [0.3, 0.4) is 0 Å². The first kappa shape index (κ1) is 81.1. The Balaban J connectivity index is 0.000000546. The largest absolute Gasteiger partial charge is 1.00 e. The summed E-state index contributed by atoms with van der Waals surface area (Å²) in [6.07, 6.45) is 0.118. The molecule has 0 aliphatic rings. The Kier molecular flexibility index (Phi) is 35.2. The SMILES string of the molecule is COC(=O)CBr.COC(=O)C[C@H](C)N(Cc1ccccc1F)c1ccc(N(CC(=O)OC)S(=O)(=O)c2ccc(OC)cc2)c2ccccc12.COC(=O)C[C@H](C)N(Cc1ccccc1F)c1ccc(NS(=O)(=O)c2ccc(OC)cc2)c2ccccc12.O=CO[O-].[H-].[K+].[K+]. The molecular formula is C65H69BrF2K2N4O17S2. The number of anilines is 4. The number of fused-ring (bicyclic) bond motifs is 2. The van der Waals surface area contributed by atoms with Crippen molar-refractivity contribution in [3.8, 4) is 11.5 Å². The van der Waals surface area contributed by atoms with E-state index in [4.69, 9.17) is 33.7 Å². The Bertz CT molecular complexity index is 4000. The first-order valence-electron chi connectivity index (χ1n) is 27.5. The van der Waals surface area contributed by atoms with Gasteiger partial charge < -0.3 is 49.8 Å². The van der Waals surface area contributed by atoms with Crippen LogP contribution in [0, 0.1) is 11.6 Å². The Morgan fingerprint density at radius 2 is 0.892 bits per heavy atom. The molecule has 1 N–H and O–H groups in total. The van der Waals surface area contributed by atoms with E-state index in [9.17, 15) is 44.8 Å². The molecular weight excluding hydrogens is 1370 g/mol. The van der Waals surface area contributed by atoms with Gasteiger partial charge in [-0.05, 0) is 98.8 Å². The number of nitrogens with zero attached hydrogens (tertiary/aromatic N) is 3. The standard InChI is InChI=1S/C32H33FN2O7S.C29H29FN2O5S.C3H5BrO2.CH2O3.2K.H/c1-22(19-31(36)41-3)34(20-23-9-5-8-12-28(23)33)29-17-18-30(27-11-7-6-10-26(27)29)35(21-32(37)42-4)43(38,39)25-15-13-24(40-2)14-16-25;1-20(18-29(33)37-3)32(19-21-8-4-7-11-26(21)30)28-17-16-27(24-9-5-6-10-25(24)28)31-38(34,35)23-14-12-22(36-2)13-15-23;1-6-3(5)2-4;2-1-4-3;;;/h5-18,22H,19-21H2,1-4H3;4-17,20,31H,18-19H2,1-3H3;2H2,1H3;1,3H;;;/q;;;;2*+1;-1/p-1/t22-;20-;;;;;/m00...../s1. The molecule has 0 aliphatic heterocycles. The molecule has 0 bridgehead atoms. The van der Waals surface area contributed by atoms with Crippen molar-refractivity contribution in [1.82, 2.24) is 0 Å². The number of benzene rings is 8. The van der Waals surface area contributed by atoms with Crippen LogP contribution in [0.15, 0.2) is 180 Å². The van der Waals surface area contributed by atoms with Gasteiger partial charge in [-0.25, -0.2) is 25.6 Å². The average molecular weight is 1440 g/mol. The van der Waals surface area contributed by atoms with E-state index in [1.807, 2.05) is 54.0 Å². The van der Waals surface area contributed by atoms with Gasteiger partial charge in [0, 0.05) is 69.2 Å². The summed E-state index contributed by atoms with van der Waals surface area (Å²) in [6, 6.07) is 45.3. The number of hydrogen-bond acceptors (Lipinski definition) is 19. The summed E-state index contributed by atoms with van der Waals surface area (Å²) in [6.45, 7) is 3.27. The molecule has 486 valence electrons. The van der Waals surface area contributed by atoms with Crippen molar-refractivity contribution >= 4 is 111 Å². The summed E-state index contributed by atoms with van der Waals surface area (Å²) in [7, 11) is 0.0269. The van der Waals surface area contributed by atoms with E-state index < -0.39 is 50.4 Å². The zero-order valence-electron chi connectivity index (χ0n) is 53.9. The van der Waals surface area contributed by atoms with Crippen molar-refractivity contribution in [3.63, 3.8) is 0 Å². The van der Waals surface area contributed by atoms with E-state index in [0.717, 1.165) is 15.4 Å². The van der Waals surface area contributed by atoms with Gasteiger partial charge in [-0.3, -0.25) is 33.0 Å². The normalized spacial score (nSPS) is 11.2. The number of halogens is 3. The summed E-state index contributed by atoms with van der Waals surface area (Å²) in [5.74, 6) is -1.53. The Hall–Kier alpha value is -6.10. The van der Waals surface area contributed by atoms with E-state index in [1.165, 1.54) is 91.2 Å². The van der Waals surface area contributed by atoms with E-state index in [-0.39, 0.29) is 181 Å². The molecule has 0 aliphatic carbocycles. The van der Waals surface area contributed by atoms with Gasteiger partial charge >= 0.3 is 127 Å². The van der Waals surface area contributed by atoms with E-state index >= 15 is 0 Å². The molecule has 0 saturated carbocycles. The molecule has 2 atom stereocenters. The van der Waals surface area contributed by atoms with Crippen LogP contribution >= 0.6 is 15.9 Å². The number of alkyl halides is 1. The number of nitrogens with one attached hydrogen (secondary N) is 1. The van der Waals surface area contributed by atoms with Gasteiger partial charge in [0.1, 0.15) is 35.0 Å². The van der Waals surface area contributed by atoms with Crippen LogP contribution in [0.1, 0.15) is 39.2 Å². The molecule has 28 heteroatoms.